The van der Waals surface area contributed by atoms with Gasteiger partial charge in [-0.15, -0.1) is 11.3 Å². The van der Waals surface area contributed by atoms with Crippen molar-refractivity contribution in [1.29, 1.82) is 0 Å². The molecule has 4 aromatic heterocycles. The number of esters is 1. The van der Waals surface area contributed by atoms with Gasteiger partial charge in [-0.2, -0.15) is 5.10 Å². The van der Waals surface area contributed by atoms with Gasteiger partial charge in [0.1, 0.15) is 22.9 Å². The summed E-state index contributed by atoms with van der Waals surface area (Å²) in [7, 11) is 1.91. The van der Waals surface area contributed by atoms with E-state index in [1.54, 1.807) is 24.8 Å². The fourth-order valence-electron chi connectivity index (χ4n) is 4.10. The molecule has 8 nitrogen and oxygen atoms in total. The predicted octanol–water partition coefficient (Wildman–Crippen LogP) is 5.68. The molecule has 5 rings (SSSR count). The number of nitrogens with zero attached hydrogens (tertiary/aromatic N) is 5. The minimum Gasteiger partial charge on any atom is -0.487 e. The van der Waals surface area contributed by atoms with E-state index >= 15 is 0 Å². The molecule has 0 spiro atoms. The van der Waals surface area contributed by atoms with Gasteiger partial charge in [0.15, 0.2) is 6.10 Å². The number of ether oxygens (including phenoxy) is 2. The number of fused-ring (bicyclic) bond motifs is 1. The first-order valence-electron chi connectivity index (χ1n) is 11.1. The Morgan fingerprint density at radius 2 is 2.08 bits per heavy atom. The van der Waals surface area contributed by atoms with Gasteiger partial charge in [-0.1, -0.05) is 23.7 Å². The molecule has 5 aromatic rings. The van der Waals surface area contributed by atoms with Crippen LogP contribution in [0.5, 0.6) is 5.75 Å². The van der Waals surface area contributed by atoms with Gasteiger partial charge in [-0.05, 0) is 25.1 Å². The fourth-order valence-corrected chi connectivity index (χ4v) is 5.00. The molecule has 4 heterocycles. The molecular weight excluding hydrogens is 498 g/mol. The van der Waals surface area contributed by atoms with Crippen molar-refractivity contribution in [2.75, 3.05) is 0 Å². The summed E-state index contributed by atoms with van der Waals surface area (Å²) in [6.07, 6.45) is 5.87. The summed E-state index contributed by atoms with van der Waals surface area (Å²) in [4.78, 5) is 25.2. The van der Waals surface area contributed by atoms with E-state index in [2.05, 4.69) is 15.1 Å². The molecule has 1 aromatic carbocycles. The van der Waals surface area contributed by atoms with E-state index in [4.69, 9.17) is 26.1 Å². The number of pyridine rings is 2. The van der Waals surface area contributed by atoms with Crippen molar-refractivity contribution in [3.05, 3.63) is 87.4 Å². The monoisotopic (exact) mass is 519 g/mol. The minimum absolute atomic E-state index is 0.121. The van der Waals surface area contributed by atoms with Crippen molar-refractivity contribution in [3.8, 4) is 17.0 Å². The van der Waals surface area contributed by atoms with Crippen molar-refractivity contribution in [2.24, 2.45) is 7.05 Å². The summed E-state index contributed by atoms with van der Waals surface area (Å²) < 4.78 is 13.8. The van der Waals surface area contributed by atoms with E-state index in [1.165, 1.54) is 18.3 Å². The van der Waals surface area contributed by atoms with E-state index in [-0.39, 0.29) is 6.61 Å². The molecule has 0 aliphatic rings. The molecule has 0 aliphatic carbocycles. The van der Waals surface area contributed by atoms with Crippen LogP contribution < -0.4 is 4.74 Å². The highest BCUT2D eigenvalue weighted by molar-refractivity contribution is 7.09. The number of benzene rings is 1. The summed E-state index contributed by atoms with van der Waals surface area (Å²) in [6.45, 7) is 3.43. The van der Waals surface area contributed by atoms with Crippen molar-refractivity contribution < 1.29 is 14.3 Å². The molecule has 0 N–H and O–H groups in total. The zero-order valence-corrected chi connectivity index (χ0v) is 21.4. The normalized spacial score (nSPS) is 12.0. The molecule has 0 amide bonds. The average molecular weight is 520 g/mol. The van der Waals surface area contributed by atoms with Gasteiger partial charge in [-0.3, -0.25) is 14.5 Å². The van der Waals surface area contributed by atoms with Gasteiger partial charge in [0.2, 0.25) is 0 Å². The van der Waals surface area contributed by atoms with Crippen molar-refractivity contribution in [1.82, 2.24) is 24.7 Å². The Morgan fingerprint density at radius 3 is 2.81 bits per heavy atom. The van der Waals surface area contributed by atoms with Crippen LogP contribution in [-0.4, -0.2) is 30.7 Å². The van der Waals surface area contributed by atoms with Crippen LogP contribution in [0.25, 0.3) is 22.2 Å². The van der Waals surface area contributed by atoms with Gasteiger partial charge in [0.05, 0.1) is 10.7 Å². The van der Waals surface area contributed by atoms with E-state index in [9.17, 15) is 4.79 Å². The van der Waals surface area contributed by atoms with E-state index in [0.29, 0.717) is 26.9 Å². The summed E-state index contributed by atoms with van der Waals surface area (Å²) in [5, 5.41) is 8.11. The first-order valence-corrected chi connectivity index (χ1v) is 12.4. The molecule has 0 bridgehead atoms. The average Bonchev–Trinajstić information content (AvgIpc) is 3.53. The topological polar surface area (TPSA) is 92.0 Å². The highest BCUT2D eigenvalue weighted by Gasteiger charge is 2.25. The Morgan fingerprint density at radius 1 is 1.22 bits per heavy atom. The van der Waals surface area contributed by atoms with Crippen LogP contribution in [0, 0.1) is 6.92 Å². The van der Waals surface area contributed by atoms with Crippen LogP contribution in [0.1, 0.15) is 34.9 Å². The summed E-state index contributed by atoms with van der Waals surface area (Å²) >= 11 is 7.95. The molecule has 0 saturated heterocycles. The zero-order chi connectivity index (χ0) is 25.2. The van der Waals surface area contributed by atoms with E-state index in [1.807, 2.05) is 54.4 Å². The number of aryl methyl sites for hydroxylation is 2. The molecule has 1 unspecified atom stereocenters. The number of thiazole rings is 1. The van der Waals surface area contributed by atoms with Crippen LogP contribution in [0.3, 0.4) is 0 Å². The third-order valence-electron chi connectivity index (χ3n) is 5.68. The Balaban J connectivity index is 1.54. The lowest BCUT2D eigenvalue weighted by molar-refractivity contribution is -0.144. The third-order valence-corrected chi connectivity index (χ3v) is 6.82. The van der Waals surface area contributed by atoms with Gasteiger partial charge >= 0.3 is 5.97 Å². The number of rotatable bonds is 7. The van der Waals surface area contributed by atoms with Gasteiger partial charge < -0.3 is 9.47 Å². The minimum atomic E-state index is -0.739. The predicted molar refractivity (Wildman–Crippen MR) is 138 cm³/mol. The van der Waals surface area contributed by atoms with Crippen LogP contribution in [0.4, 0.5) is 0 Å². The van der Waals surface area contributed by atoms with Gasteiger partial charge in [-0.25, -0.2) is 9.97 Å². The maximum Gasteiger partial charge on any atom is 0.303 e. The summed E-state index contributed by atoms with van der Waals surface area (Å²) in [5.74, 6) is 0.176. The molecular formula is C26H22ClN5O3S. The number of hydrogen-bond donors (Lipinski definition) is 0. The van der Waals surface area contributed by atoms with E-state index in [0.717, 1.165) is 27.9 Å². The SMILES string of the molecule is CC(=O)OC(c1nccs1)c1cncc(Cl)c1COc1cccc2c(-c3ccnn3C)cc(C)nc12. The molecule has 0 fully saturated rings. The van der Waals surface area contributed by atoms with Gasteiger partial charge in [0, 0.05) is 71.9 Å². The van der Waals surface area contributed by atoms with Crippen molar-refractivity contribution in [2.45, 2.75) is 26.6 Å². The zero-order valence-electron chi connectivity index (χ0n) is 19.8. The standard InChI is InChI=1S/C26H22ClN5O3S/c1-15-11-18(22-7-8-30-32(22)3)17-5-4-6-23(24(17)31-15)34-14-20-19(12-28-13-21(20)27)25(35-16(2)33)26-29-9-10-36-26/h4-13,25H,14H2,1-3H3. The summed E-state index contributed by atoms with van der Waals surface area (Å²) in [6, 6.07) is 9.83. The molecule has 182 valence electrons. The molecule has 1 atom stereocenters. The Hall–Kier alpha value is -3.82. The lowest BCUT2D eigenvalue weighted by atomic mass is 10.0. The fraction of sp³-hybridized carbons (Fsp3) is 0.192. The second kappa shape index (κ2) is 10.0. The molecule has 36 heavy (non-hydrogen) atoms. The van der Waals surface area contributed by atoms with Crippen LogP contribution in [0.2, 0.25) is 5.02 Å². The highest BCUT2D eigenvalue weighted by atomic mass is 35.5. The molecule has 0 radical (unpaired) electrons. The second-order valence-electron chi connectivity index (χ2n) is 8.14. The highest BCUT2D eigenvalue weighted by Crippen LogP contribution is 2.36. The first-order chi connectivity index (χ1) is 17.4. The number of carbonyl (C=O) groups is 1. The molecule has 0 aliphatic heterocycles. The number of hydrogen-bond acceptors (Lipinski definition) is 8. The molecule has 0 saturated carbocycles. The van der Waals surface area contributed by atoms with Crippen LogP contribution in [0.15, 0.2) is 60.5 Å². The maximum atomic E-state index is 11.9. The lowest BCUT2D eigenvalue weighted by Crippen LogP contribution is -2.14. The number of aromatic nitrogens is 5. The first kappa shape index (κ1) is 23.9. The maximum absolute atomic E-state index is 11.9. The summed E-state index contributed by atoms with van der Waals surface area (Å²) in [5.41, 5.74) is 4.87. The van der Waals surface area contributed by atoms with Crippen molar-refractivity contribution >= 4 is 39.8 Å². The molecule has 10 heteroatoms. The number of halogens is 1. The Kier molecular flexibility index (Phi) is 6.67. The van der Waals surface area contributed by atoms with Crippen LogP contribution >= 0.6 is 22.9 Å². The number of carbonyl (C=O) groups excluding carboxylic acids is 1. The third kappa shape index (κ3) is 4.67. The van der Waals surface area contributed by atoms with Crippen molar-refractivity contribution in [3.63, 3.8) is 0 Å². The largest absolute Gasteiger partial charge is 0.487 e. The number of para-hydroxylation sites is 1. The Labute approximate surface area is 216 Å². The lowest BCUT2D eigenvalue weighted by Gasteiger charge is -2.20. The van der Waals surface area contributed by atoms with Crippen LogP contribution in [-0.2, 0) is 23.2 Å². The quantitative estimate of drug-likeness (QED) is 0.255. The second-order valence-corrected chi connectivity index (χ2v) is 9.47. The van der Waals surface area contributed by atoms with Gasteiger partial charge in [0.25, 0.3) is 0 Å². The Bertz CT molecular complexity index is 1550. The smallest absolute Gasteiger partial charge is 0.303 e. The van der Waals surface area contributed by atoms with E-state index < -0.39 is 12.1 Å².